The Morgan fingerprint density at radius 3 is 2.75 bits per heavy atom. The van der Waals surface area contributed by atoms with Crippen LogP contribution >= 0.6 is 15.9 Å². The van der Waals surface area contributed by atoms with Crippen LogP contribution in [0.2, 0.25) is 0 Å². The quantitative estimate of drug-likeness (QED) is 0.840. The molecule has 0 aliphatic carbocycles. The van der Waals surface area contributed by atoms with Crippen molar-refractivity contribution in [3.63, 3.8) is 0 Å². The number of rotatable bonds is 3. The van der Waals surface area contributed by atoms with Crippen molar-refractivity contribution in [2.45, 2.75) is 6.92 Å². The number of nitrogens with one attached hydrogen (secondary N) is 1. The molecule has 1 amide bonds. The highest BCUT2D eigenvalue weighted by atomic mass is 79.9. The molecule has 7 heteroatoms. The van der Waals surface area contributed by atoms with E-state index in [0.717, 1.165) is 0 Å². The standard InChI is InChI=1S/C13H13BrN4O2/c1-7-5-11(20-2)17-13(16-7)18-12(19)8-3-4-10(15)9(14)6-8/h3-6H,15H2,1-2H3,(H,16,17,18,19). The fourth-order valence-corrected chi connectivity index (χ4v) is 1.92. The van der Waals surface area contributed by atoms with Crippen LogP contribution in [0.5, 0.6) is 5.88 Å². The highest BCUT2D eigenvalue weighted by molar-refractivity contribution is 9.10. The number of amides is 1. The highest BCUT2D eigenvalue weighted by Crippen LogP contribution is 2.21. The van der Waals surface area contributed by atoms with Crippen LogP contribution in [0.3, 0.4) is 0 Å². The Balaban J connectivity index is 2.23. The van der Waals surface area contributed by atoms with Crippen LogP contribution in [0.1, 0.15) is 16.1 Å². The van der Waals surface area contributed by atoms with Crippen molar-refractivity contribution >= 4 is 33.5 Å². The molecule has 0 bridgehead atoms. The topological polar surface area (TPSA) is 90.1 Å². The van der Waals surface area contributed by atoms with Crippen LogP contribution in [-0.2, 0) is 0 Å². The van der Waals surface area contributed by atoms with E-state index in [1.807, 2.05) is 0 Å². The second-order valence-corrected chi connectivity index (χ2v) is 4.92. The number of methoxy groups -OCH3 is 1. The third-order valence-electron chi connectivity index (χ3n) is 2.53. The average Bonchev–Trinajstić information content (AvgIpc) is 2.41. The fourth-order valence-electron chi connectivity index (χ4n) is 1.54. The van der Waals surface area contributed by atoms with Gasteiger partial charge in [0.2, 0.25) is 11.8 Å². The number of halogens is 1. The Hall–Kier alpha value is -2.15. The molecule has 0 radical (unpaired) electrons. The zero-order chi connectivity index (χ0) is 14.7. The summed E-state index contributed by atoms with van der Waals surface area (Å²) in [6, 6.07) is 6.59. The number of ether oxygens (including phenoxy) is 1. The molecule has 0 atom stereocenters. The molecule has 0 saturated carbocycles. The molecule has 2 rings (SSSR count). The minimum absolute atomic E-state index is 0.194. The number of hydrogen-bond donors (Lipinski definition) is 2. The zero-order valence-electron chi connectivity index (χ0n) is 11.0. The van der Waals surface area contributed by atoms with Gasteiger partial charge in [-0.3, -0.25) is 10.1 Å². The molecule has 20 heavy (non-hydrogen) atoms. The van der Waals surface area contributed by atoms with Crippen molar-refractivity contribution in [2.75, 3.05) is 18.2 Å². The average molecular weight is 337 g/mol. The Bertz CT molecular complexity index is 661. The van der Waals surface area contributed by atoms with Gasteiger partial charge in [-0.1, -0.05) is 0 Å². The fraction of sp³-hybridized carbons (Fsp3) is 0.154. The first kappa shape index (κ1) is 14.3. The first-order valence-electron chi connectivity index (χ1n) is 5.75. The van der Waals surface area contributed by atoms with E-state index in [0.29, 0.717) is 27.3 Å². The minimum atomic E-state index is -0.321. The minimum Gasteiger partial charge on any atom is -0.481 e. The van der Waals surface area contributed by atoms with E-state index in [1.54, 1.807) is 31.2 Å². The third kappa shape index (κ3) is 3.24. The maximum atomic E-state index is 12.1. The van der Waals surface area contributed by atoms with Gasteiger partial charge in [0.25, 0.3) is 5.91 Å². The Labute approximate surface area is 124 Å². The van der Waals surface area contributed by atoms with Gasteiger partial charge >= 0.3 is 0 Å². The maximum absolute atomic E-state index is 12.1. The zero-order valence-corrected chi connectivity index (χ0v) is 12.6. The van der Waals surface area contributed by atoms with Crippen molar-refractivity contribution in [1.82, 2.24) is 9.97 Å². The van der Waals surface area contributed by atoms with Gasteiger partial charge < -0.3 is 10.5 Å². The molecular weight excluding hydrogens is 324 g/mol. The van der Waals surface area contributed by atoms with E-state index in [9.17, 15) is 4.79 Å². The molecule has 0 aliphatic rings. The van der Waals surface area contributed by atoms with Crippen LogP contribution in [0.15, 0.2) is 28.7 Å². The molecule has 1 aromatic heterocycles. The number of carbonyl (C=O) groups excluding carboxylic acids is 1. The van der Waals surface area contributed by atoms with E-state index in [4.69, 9.17) is 10.5 Å². The molecule has 3 N–H and O–H groups in total. The van der Waals surface area contributed by atoms with Crippen molar-refractivity contribution in [1.29, 1.82) is 0 Å². The summed E-state index contributed by atoms with van der Waals surface area (Å²) in [4.78, 5) is 20.3. The second kappa shape index (κ2) is 5.87. The SMILES string of the molecule is COc1cc(C)nc(NC(=O)c2ccc(N)c(Br)c2)n1. The Morgan fingerprint density at radius 2 is 2.10 bits per heavy atom. The van der Waals surface area contributed by atoms with Gasteiger partial charge in [0.05, 0.1) is 7.11 Å². The predicted octanol–water partition coefficient (Wildman–Crippen LogP) is 2.39. The van der Waals surface area contributed by atoms with E-state index in [-0.39, 0.29) is 11.9 Å². The lowest BCUT2D eigenvalue weighted by Crippen LogP contribution is -2.15. The van der Waals surface area contributed by atoms with Crippen LogP contribution in [0.25, 0.3) is 0 Å². The lowest BCUT2D eigenvalue weighted by atomic mass is 10.2. The molecule has 0 unspecified atom stereocenters. The largest absolute Gasteiger partial charge is 0.481 e. The van der Waals surface area contributed by atoms with Crippen molar-refractivity contribution in [3.05, 3.63) is 40.0 Å². The van der Waals surface area contributed by atoms with E-state index < -0.39 is 0 Å². The highest BCUT2D eigenvalue weighted by Gasteiger charge is 2.10. The number of anilines is 2. The first-order chi connectivity index (χ1) is 9.49. The molecule has 1 heterocycles. The van der Waals surface area contributed by atoms with E-state index in [1.165, 1.54) is 7.11 Å². The van der Waals surface area contributed by atoms with Gasteiger partial charge in [-0.2, -0.15) is 4.98 Å². The molecule has 6 nitrogen and oxygen atoms in total. The van der Waals surface area contributed by atoms with Crippen LogP contribution in [0.4, 0.5) is 11.6 Å². The number of hydrogen-bond acceptors (Lipinski definition) is 5. The summed E-state index contributed by atoms with van der Waals surface area (Å²) in [5.41, 5.74) is 7.40. The Morgan fingerprint density at radius 1 is 1.35 bits per heavy atom. The predicted molar refractivity (Wildman–Crippen MR) is 79.8 cm³/mol. The normalized spacial score (nSPS) is 10.2. The molecular formula is C13H13BrN4O2. The second-order valence-electron chi connectivity index (χ2n) is 4.07. The number of nitrogens with zero attached hydrogens (tertiary/aromatic N) is 2. The van der Waals surface area contributed by atoms with Crippen molar-refractivity contribution in [2.24, 2.45) is 0 Å². The Kier molecular flexibility index (Phi) is 4.19. The summed E-state index contributed by atoms with van der Waals surface area (Å²) in [6.45, 7) is 1.79. The lowest BCUT2D eigenvalue weighted by Gasteiger charge is -2.07. The smallest absolute Gasteiger partial charge is 0.258 e. The molecule has 0 saturated heterocycles. The van der Waals surface area contributed by atoms with Gasteiger partial charge in [0.1, 0.15) is 0 Å². The summed E-state index contributed by atoms with van der Waals surface area (Å²) in [5, 5.41) is 2.62. The number of aromatic nitrogens is 2. The van der Waals surface area contributed by atoms with Crippen LogP contribution in [0, 0.1) is 6.92 Å². The summed E-state index contributed by atoms with van der Waals surface area (Å²) in [7, 11) is 1.50. The molecule has 104 valence electrons. The summed E-state index contributed by atoms with van der Waals surface area (Å²) >= 11 is 3.28. The van der Waals surface area contributed by atoms with E-state index in [2.05, 4.69) is 31.2 Å². The van der Waals surface area contributed by atoms with Gasteiger partial charge in [-0.25, -0.2) is 4.98 Å². The van der Waals surface area contributed by atoms with E-state index >= 15 is 0 Å². The van der Waals surface area contributed by atoms with Crippen molar-refractivity contribution in [3.8, 4) is 5.88 Å². The van der Waals surface area contributed by atoms with Crippen molar-refractivity contribution < 1.29 is 9.53 Å². The summed E-state index contributed by atoms with van der Waals surface area (Å²) in [6.07, 6.45) is 0. The van der Waals surface area contributed by atoms with Gasteiger partial charge in [-0.15, -0.1) is 0 Å². The lowest BCUT2D eigenvalue weighted by molar-refractivity contribution is 0.102. The number of aryl methyl sites for hydroxylation is 1. The number of nitrogens with two attached hydrogens (primary N) is 1. The summed E-state index contributed by atoms with van der Waals surface area (Å²) in [5.74, 6) is 0.268. The molecule has 0 fully saturated rings. The first-order valence-corrected chi connectivity index (χ1v) is 6.55. The maximum Gasteiger partial charge on any atom is 0.258 e. The number of benzene rings is 1. The third-order valence-corrected chi connectivity index (χ3v) is 3.21. The van der Waals surface area contributed by atoms with Gasteiger partial charge in [-0.05, 0) is 41.1 Å². The molecule has 0 aliphatic heterocycles. The van der Waals surface area contributed by atoms with Crippen LogP contribution < -0.4 is 15.8 Å². The van der Waals surface area contributed by atoms with Crippen LogP contribution in [-0.4, -0.2) is 23.0 Å². The number of carbonyl (C=O) groups is 1. The summed E-state index contributed by atoms with van der Waals surface area (Å²) < 4.78 is 5.69. The molecule has 0 spiro atoms. The molecule has 2 aromatic rings. The monoisotopic (exact) mass is 336 g/mol. The van der Waals surface area contributed by atoms with Gasteiger partial charge in [0, 0.05) is 27.5 Å². The van der Waals surface area contributed by atoms with Gasteiger partial charge in [0.15, 0.2) is 0 Å². The number of nitrogen functional groups attached to an aromatic ring is 1. The molecule has 1 aromatic carbocycles.